The van der Waals surface area contributed by atoms with Gasteiger partial charge in [-0.05, 0) is 18.6 Å². The molecule has 6 heteroatoms. The number of carbonyl (C=O) groups excluding carboxylic acids is 1. The van der Waals surface area contributed by atoms with E-state index >= 15 is 0 Å². The lowest BCUT2D eigenvalue weighted by Gasteiger charge is -2.14. The van der Waals surface area contributed by atoms with Crippen LogP contribution in [0.25, 0.3) is 16.9 Å². The second-order valence-corrected chi connectivity index (χ2v) is 5.83. The number of aromatic nitrogens is 4. The van der Waals surface area contributed by atoms with Crippen molar-refractivity contribution in [3.05, 3.63) is 42.5 Å². The molecular weight excluding hydrogens is 278 g/mol. The van der Waals surface area contributed by atoms with Gasteiger partial charge in [-0.15, -0.1) is 0 Å². The minimum atomic E-state index is 0.133. The number of likely N-dealkylation sites (N-methyl/N-ethyl adjacent to an activating group) is 1. The molecular formula is C16H17N5O. The van der Waals surface area contributed by atoms with Crippen molar-refractivity contribution in [1.29, 1.82) is 0 Å². The molecule has 1 aliphatic rings. The summed E-state index contributed by atoms with van der Waals surface area (Å²) in [4.78, 5) is 18.1. The molecule has 112 valence electrons. The third-order valence-electron chi connectivity index (χ3n) is 4.37. The van der Waals surface area contributed by atoms with E-state index in [1.165, 1.54) is 0 Å². The average Bonchev–Trinajstić information content (AvgIpc) is 3.18. The highest BCUT2D eigenvalue weighted by atomic mass is 16.2. The number of imidazole rings is 1. The fourth-order valence-electron chi connectivity index (χ4n) is 3.22. The largest absolute Gasteiger partial charge is 0.344 e. The highest BCUT2D eigenvalue weighted by Crippen LogP contribution is 2.30. The van der Waals surface area contributed by atoms with E-state index in [9.17, 15) is 4.79 Å². The van der Waals surface area contributed by atoms with Crippen molar-refractivity contribution in [3.63, 3.8) is 0 Å². The summed E-state index contributed by atoms with van der Waals surface area (Å²) in [6, 6.07) is 4.19. The third-order valence-corrected chi connectivity index (χ3v) is 4.37. The van der Waals surface area contributed by atoms with Crippen LogP contribution in [0.2, 0.25) is 0 Å². The van der Waals surface area contributed by atoms with Crippen molar-refractivity contribution in [1.82, 2.24) is 24.1 Å². The highest BCUT2D eigenvalue weighted by Gasteiger charge is 2.30. The van der Waals surface area contributed by atoms with Crippen LogP contribution in [-0.4, -0.2) is 43.6 Å². The first-order chi connectivity index (χ1) is 10.6. The minimum absolute atomic E-state index is 0.133. The normalized spacial score (nSPS) is 18.5. The molecule has 0 bridgehead atoms. The maximum absolute atomic E-state index is 11.8. The zero-order valence-corrected chi connectivity index (χ0v) is 12.6. The van der Waals surface area contributed by atoms with Crippen LogP contribution in [0.3, 0.4) is 0 Å². The van der Waals surface area contributed by atoms with Crippen LogP contribution >= 0.6 is 0 Å². The van der Waals surface area contributed by atoms with Gasteiger partial charge in [-0.3, -0.25) is 4.79 Å². The smallest absolute Gasteiger partial charge is 0.224 e. The molecule has 0 aromatic carbocycles. The Labute approximate surface area is 128 Å². The van der Waals surface area contributed by atoms with E-state index in [-0.39, 0.29) is 11.9 Å². The fourth-order valence-corrected chi connectivity index (χ4v) is 3.22. The molecule has 0 spiro atoms. The van der Waals surface area contributed by atoms with Gasteiger partial charge in [0.05, 0.1) is 23.3 Å². The third kappa shape index (κ3) is 1.83. The lowest BCUT2D eigenvalue weighted by Crippen LogP contribution is -2.19. The van der Waals surface area contributed by atoms with Gasteiger partial charge in [0.2, 0.25) is 5.91 Å². The van der Waals surface area contributed by atoms with Crippen molar-refractivity contribution >= 4 is 11.4 Å². The average molecular weight is 295 g/mol. The lowest BCUT2D eigenvalue weighted by atomic mass is 10.1. The van der Waals surface area contributed by atoms with Crippen molar-refractivity contribution in [2.45, 2.75) is 19.4 Å². The van der Waals surface area contributed by atoms with E-state index in [0.29, 0.717) is 6.42 Å². The molecule has 3 aromatic heterocycles. The molecule has 1 unspecified atom stereocenters. The number of carbonyl (C=O) groups is 1. The second-order valence-electron chi connectivity index (χ2n) is 5.83. The van der Waals surface area contributed by atoms with Crippen LogP contribution in [0.4, 0.5) is 0 Å². The Morgan fingerprint density at radius 1 is 1.32 bits per heavy atom. The molecule has 0 aliphatic carbocycles. The van der Waals surface area contributed by atoms with Crippen molar-refractivity contribution in [3.8, 4) is 11.4 Å². The van der Waals surface area contributed by atoms with E-state index in [0.717, 1.165) is 29.0 Å². The molecule has 0 N–H and O–H groups in total. The summed E-state index contributed by atoms with van der Waals surface area (Å²) in [6.07, 6.45) is 8.06. The van der Waals surface area contributed by atoms with Gasteiger partial charge >= 0.3 is 0 Å². The topological polar surface area (TPSA) is 55.4 Å². The van der Waals surface area contributed by atoms with E-state index in [2.05, 4.69) is 27.6 Å². The maximum Gasteiger partial charge on any atom is 0.224 e. The zero-order chi connectivity index (χ0) is 15.3. The molecule has 0 radical (unpaired) electrons. The second kappa shape index (κ2) is 4.69. The molecule has 1 aliphatic heterocycles. The Morgan fingerprint density at radius 3 is 2.95 bits per heavy atom. The van der Waals surface area contributed by atoms with E-state index in [1.807, 2.05) is 36.2 Å². The first-order valence-corrected chi connectivity index (χ1v) is 7.35. The van der Waals surface area contributed by atoms with Crippen LogP contribution < -0.4 is 0 Å². The molecule has 6 nitrogen and oxygen atoms in total. The predicted octanol–water partition coefficient (Wildman–Crippen LogP) is 1.91. The zero-order valence-electron chi connectivity index (χ0n) is 12.6. The van der Waals surface area contributed by atoms with Crippen molar-refractivity contribution in [2.75, 3.05) is 13.6 Å². The van der Waals surface area contributed by atoms with Crippen molar-refractivity contribution in [2.24, 2.45) is 0 Å². The van der Waals surface area contributed by atoms with Crippen LogP contribution in [0.5, 0.6) is 0 Å². The summed E-state index contributed by atoms with van der Waals surface area (Å²) < 4.78 is 3.97. The Hall–Kier alpha value is -2.63. The van der Waals surface area contributed by atoms with E-state index in [1.54, 1.807) is 11.1 Å². The van der Waals surface area contributed by atoms with Gasteiger partial charge in [0.1, 0.15) is 5.82 Å². The number of amides is 1. The van der Waals surface area contributed by atoms with Crippen LogP contribution in [0, 0.1) is 6.92 Å². The van der Waals surface area contributed by atoms with Gasteiger partial charge in [-0.2, -0.15) is 5.10 Å². The highest BCUT2D eigenvalue weighted by molar-refractivity contribution is 5.80. The molecule has 1 saturated heterocycles. The minimum Gasteiger partial charge on any atom is -0.344 e. The number of fused-ring (bicyclic) bond motifs is 1. The Kier molecular flexibility index (Phi) is 2.79. The van der Waals surface area contributed by atoms with Crippen LogP contribution in [0.15, 0.2) is 36.9 Å². The number of likely N-dealkylation sites (tertiary alicyclic amines) is 1. The molecule has 3 aromatic rings. The number of hydrogen-bond donors (Lipinski definition) is 0. The number of nitrogens with zero attached hydrogens (tertiary/aromatic N) is 5. The van der Waals surface area contributed by atoms with Gasteiger partial charge in [-0.25, -0.2) is 9.50 Å². The van der Waals surface area contributed by atoms with Gasteiger partial charge in [0, 0.05) is 38.6 Å². The van der Waals surface area contributed by atoms with E-state index < -0.39 is 0 Å². The molecule has 22 heavy (non-hydrogen) atoms. The standard InChI is InChI=1S/C16H17N5O/c1-11-4-3-6-21-15(11)13(9-18-21)16-17-5-7-20(16)12-8-14(22)19(2)10-12/h3-7,9,12H,8,10H2,1-2H3. The molecule has 4 heterocycles. The monoisotopic (exact) mass is 295 g/mol. The van der Waals surface area contributed by atoms with Crippen LogP contribution in [0.1, 0.15) is 18.0 Å². The molecule has 4 rings (SSSR count). The van der Waals surface area contributed by atoms with Gasteiger partial charge < -0.3 is 9.47 Å². The Bertz CT molecular complexity index is 862. The first-order valence-electron chi connectivity index (χ1n) is 7.35. The summed E-state index contributed by atoms with van der Waals surface area (Å²) in [5.41, 5.74) is 3.22. The SMILES string of the molecule is Cc1cccn2ncc(-c3nccn3C3CC(=O)N(C)C3)c12. The maximum atomic E-state index is 11.8. The summed E-state index contributed by atoms with van der Waals surface area (Å²) in [6.45, 7) is 2.79. The number of rotatable bonds is 2. The lowest BCUT2D eigenvalue weighted by molar-refractivity contribution is -0.126. The number of aryl methyl sites for hydroxylation is 1. The first kappa shape index (κ1) is 13.1. The molecule has 1 fully saturated rings. The number of pyridine rings is 1. The van der Waals surface area contributed by atoms with Crippen molar-refractivity contribution < 1.29 is 4.79 Å². The summed E-state index contributed by atoms with van der Waals surface area (Å²) in [5.74, 6) is 1.05. The summed E-state index contributed by atoms with van der Waals surface area (Å²) in [7, 11) is 1.85. The Balaban J connectivity index is 1.84. The number of hydrogen-bond acceptors (Lipinski definition) is 3. The quantitative estimate of drug-likeness (QED) is 0.725. The van der Waals surface area contributed by atoms with Crippen LogP contribution in [-0.2, 0) is 4.79 Å². The predicted molar refractivity (Wildman–Crippen MR) is 82.4 cm³/mol. The van der Waals surface area contributed by atoms with Gasteiger partial charge in [-0.1, -0.05) is 6.07 Å². The van der Waals surface area contributed by atoms with Gasteiger partial charge in [0.15, 0.2) is 0 Å². The Morgan fingerprint density at radius 2 is 2.18 bits per heavy atom. The molecule has 0 saturated carbocycles. The van der Waals surface area contributed by atoms with E-state index in [4.69, 9.17) is 0 Å². The fraction of sp³-hybridized carbons (Fsp3) is 0.312. The molecule has 1 atom stereocenters. The van der Waals surface area contributed by atoms with Gasteiger partial charge in [0.25, 0.3) is 0 Å². The molecule has 1 amide bonds. The summed E-state index contributed by atoms with van der Waals surface area (Å²) >= 11 is 0. The summed E-state index contributed by atoms with van der Waals surface area (Å²) in [5, 5.41) is 4.42.